The number of methoxy groups -OCH3 is 1. The van der Waals surface area contributed by atoms with Crippen LogP contribution in [0.2, 0.25) is 0 Å². The van der Waals surface area contributed by atoms with Crippen molar-refractivity contribution < 1.29 is 9.53 Å². The van der Waals surface area contributed by atoms with Crippen molar-refractivity contribution in [1.82, 2.24) is 15.1 Å². The molecule has 0 spiro atoms. The zero-order valence-corrected chi connectivity index (χ0v) is 10.7. The first kappa shape index (κ1) is 13.7. The average Bonchev–Trinajstić information content (AvgIpc) is 2.62. The number of carbonyl (C=O) groups excluding carboxylic acids is 1. The molecule has 1 heterocycles. The van der Waals surface area contributed by atoms with Crippen molar-refractivity contribution in [2.75, 3.05) is 13.7 Å². The van der Waals surface area contributed by atoms with E-state index in [0.29, 0.717) is 12.2 Å². The Kier molecular flexibility index (Phi) is 4.25. The van der Waals surface area contributed by atoms with E-state index >= 15 is 0 Å². The number of hydrogen-bond donors (Lipinski definition) is 2. The predicted octanol–water partition coefficient (Wildman–Crippen LogP) is -0.0389. The van der Waals surface area contributed by atoms with Gasteiger partial charge in [-0.1, -0.05) is 0 Å². The lowest BCUT2D eigenvalue weighted by atomic mass is 10.1. The number of nitrogens with two attached hydrogens (primary N) is 1. The van der Waals surface area contributed by atoms with Crippen molar-refractivity contribution in [1.29, 1.82) is 0 Å². The lowest BCUT2D eigenvalue weighted by molar-refractivity contribution is -0.124. The Balaban J connectivity index is 2.64. The van der Waals surface area contributed by atoms with Crippen LogP contribution >= 0.6 is 0 Å². The van der Waals surface area contributed by atoms with Crippen LogP contribution < -0.4 is 11.1 Å². The van der Waals surface area contributed by atoms with E-state index in [1.165, 1.54) is 0 Å². The largest absolute Gasteiger partial charge is 0.382 e. The van der Waals surface area contributed by atoms with E-state index in [2.05, 4.69) is 10.4 Å². The fourth-order valence-corrected chi connectivity index (χ4v) is 1.56. The molecule has 17 heavy (non-hydrogen) atoms. The molecular weight excluding hydrogens is 220 g/mol. The van der Waals surface area contributed by atoms with Crippen LogP contribution in [0, 0.1) is 0 Å². The Hall–Kier alpha value is -1.40. The van der Waals surface area contributed by atoms with Gasteiger partial charge < -0.3 is 15.8 Å². The number of aromatic nitrogens is 2. The van der Waals surface area contributed by atoms with E-state index in [0.717, 1.165) is 0 Å². The van der Waals surface area contributed by atoms with Gasteiger partial charge in [0.15, 0.2) is 0 Å². The minimum Gasteiger partial charge on any atom is -0.382 e. The van der Waals surface area contributed by atoms with E-state index in [1.54, 1.807) is 31.2 Å². The Bertz CT molecular complexity index is 387. The molecule has 96 valence electrons. The third-order valence-corrected chi connectivity index (χ3v) is 2.33. The van der Waals surface area contributed by atoms with Gasteiger partial charge in [-0.05, 0) is 13.8 Å². The van der Waals surface area contributed by atoms with Crippen LogP contribution in [0.15, 0.2) is 12.4 Å². The van der Waals surface area contributed by atoms with Crippen LogP contribution in [0.5, 0.6) is 0 Å². The van der Waals surface area contributed by atoms with Gasteiger partial charge in [-0.15, -0.1) is 0 Å². The first-order valence-electron chi connectivity index (χ1n) is 5.41. The van der Waals surface area contributed by atoms with Gasteiger partial charge in [0.05, 0.1) is 18.3 Å². The highest BCUT2D eigenvalue weighted by atomic mass is 16.5. The summed E-state index contributed by atoms with van der Waals surface area (Å²) >= 11 is 0. The molecule has 1 aromatic heterocycles. The molecule has 1 unspecified atom stereocenters. The SMILES string of the molecule is COCC(C)(C)NC(=O)C(N)c1cnn(C)c1. The molecule has 0 saturated carbocycles. The smallest absolute Gasteiger partial charge is 0.242 e. The molecule has 1 amide bonds. The van der Waals surface area contributed by atoms with Gasteiger partial charge in [0, 0.05) is 25.9 Å². The molecule has 0 aromatic carbocycles. The standard InChI is InChI=1S/C11H20N4O2/c1-11(2,7-17-4)14-10(16)9(12)8-5-13-15(3)6-8/h5-6,9H,7,12H2,1-4H3,(H,14,16). The summed E-state index contributed by atoms with van der Waals surface area (Å²) in [6.07, 6.45) is 3.32. The van der Waals surface area contributed by atoms with Gasteiger partial charge in [-0.25, -0.2) is 0 Å². The van der Waals surface area contributed by atoms with Crippen molar-refractivity contribution in [3.63, 3.8) is 0 Å². The van der Waals surface area contributed by atoms with Crippen LogP contribution in [0.1, 0.15) is 25.5 Å². The molecule has 0 aliphatic heterocycles. The fourth-order valence-electron chi connectivity index (χ4n) is 1.56. The van der Waals surface area contributed by atoms with E-state index in [4.69, 9.17) is 10.5 Å². The summed E-state index contributed by atoms with van der Waals surface area (Å²) in [5.41, 5.74) is 6.10. The van der Waals surface area contributed by atoms with Gasteiger partial charge in [-0.2, -0.15) is 5.10 Å². The first-order chi connectivity index (χ1) is 7.85. The number of carbonyl (C=O) groups is 1. The summed E-state index contributed by atoms with van der Waals surface area (Å²) in [7, 11) is 3.37. The maximum absolute atomic E-state index is 11.9. The number of nitrogens with zero attached hydrogens (tertiary/aromatic N) is 2. The Morgan fingerprint density at radius 1 is 1.71 bits per heavy atom. The quantitative estimate of drug-likeness (QED) is 0.756. The zero-order valence-electron chi connectivity index (χ0n) is 10.7. The number of nitrogens with one attached hydrogen (secondary N) is 1. The van der Waals surface area contributed by atoms with Crippen molar-refractivity contribution in [2.24, 2.45) is 12.8 Å². The Morgan fingerprint density at radius 3 is 2.82 bits per heavy atom. The predicted molar refractivity (Wildman–Crippen MR) is 64.2 cm³/mol. The third-order valence-electron chi connectivity index (χ3n) is 2.33. The van der Waals surface area contributed by atoms with Gasteiger partial charge in [0.2, 0.25) is 5.91 Å². The molecule has 6 heteroatoms. The van der Waals surface area contributed by atoms with E-state index < -0.39 is 11.6 Å². The third kappa shape index (κ3) is 3.83. The van der Waals surface area contributed by atoms with Crippen LogP contribution in [0.3, 0.4) is 0 Å². The molecule has 0 aliphatic carbocycles. The van der Waals surface area contributed by atoms with E-state index in [9.17, 15) is 4.79 Å². The summed E-state index contributed by atoms with van der Waals surface area (Å²) in [6, 6.07) is -0.708. The van der Waals surface area contributed by atoms with Crippen molar-refractivity contribution >= 4 is 5.91 Å². The Labute approximate surface area is 101 Å². The number of aryl methyl sites for hydroxylation is 1. The van der Waals surface area contributed by atoms with Gasteiger partial charge in [0.1, 0.15) is 6.04 Å². The summed E-state index contributed by atoms with van der Waals surface area (Å²) in [5, 5.41) is 6.82. The van der Waals surface area contributed by atoms with Crippen LogP contribution in [0.25, 0.3) is 0 Å². The zero-order chi connectivity index (χ0) is 13.1. The number of ether oxygens (including phenoxy) is 1. The topological polar surface area (TPSA) is 82.2 Å². The highest BCUT2D eigenvalue weighted by molar-refractivity contribution is 5.83. The maximum Gasteiger partial charge on any atom is 0.242 e. The molecule has 1 aromatic rings. The van der Waals surface area contributed by atoms with Crippen molar-refractivity contribution in [2.45, 2.75) is 25.4 Å². The summed E-state index contributed by atoms with van der Waals surface area (Å²) < 4.78 is 6.64. The lowest BCUT2D eigenvalue weighted by Crippen LogP contribution is -2.49. The minimum atomic E-state index is -0.708. The highest BCUT2D eigenvalue weighted by Crippen LogP contribution is 2.11. The molecule has 0 aliphatic rings. The number of amides is 1. The molecule has 0 radical (unpaired) electrons. The molecule has 3 N–H and O–H groups in total. The van der Waals surface area contributed by atoms with Gasteiger partial charge >= 0.3 is 0 Å². The number of hydrogen-bond acceptors (Lipinski definition) is 4. The average molecular weight is 240 g/mol. The second-order valence-electron chi connectivity index (χ2n) is 4.73. The Morgan fingerprint density at radius 2 is 2.35 bits per heavy atom. The minimum absolute atomic E-state index is 0.236. The maximum atomic E-state index is 11.9. The van der Waals surface area contributed by atoms with Gasteiger partial charge in [0.25, 0.3) is 0 Å². The molecule has 0 fully saturated rings. The molecule has 0 saturated heterocycles. The number of rotatable bonds is 5. The lowest BCUT2D eigenvalue weighted by Gasteiger charge is -2.26. The van der Waals surface area contributed by atoms with Crippen molar-refractivity contribution in [3.8, 4) is 0 Å². The molecule has 6 nitrogen and oxygen atoms in total. The van der Waals surface area contributed by atoms with Crippen LogP contribution in [-0.2, 0) is 16.6 Å². The normalized spacial score (nSPS) is 13.5. The summed E-state index contributed by atoms with van der Waals surface area (Å²) in [4.78, 5) is 11.9. The van der Waals surface area contributed by atoms with Crippen molar-refractivity contribution in [3.05, 3.63) is 18.0 Å². The monoisotopic (exact) mass is 240 g/mol. The highest BCUT2D eigenvalue weighted by Gasteiger charge is 2.25. The van der Waals surface area contributed by atoms with E-state index in [1.807, 2.05) is 13.8 Å². The van der Waals surface area contributed by atoms with Crippen LogP contribution in [-0.4, -0.2) is 34.9 Å². The molecule has 0 bridgehead atoms. The van der Waals surface area contributed by atoms with E-state index in [-0.39, 0.29) is 5.91 Å². The summed E-state index contributed by atoms with van der Waals surface area (Å²) in [5.74, 6) is -0.236. The second kappa shape index (κ2) is 5.29. The molecule has 1 rings (SSSR count). The van der Waals surface area contributed by atoms with Crippen LogP contribution in [0.4, 0.5) is 0 Å². The van der Waals surface area contributed by atoms with Gasteiger partial charge in [-0.3, -0.25) is 9.48 Å². The molecular formula is C11H20N4O2. The molecule has 1 atom stereocenters. The fraction of sp³-hybridized carbons (Fsp3) is 0.636. The second-order valence-corrected chi connectivity index (χ2v) is 4.73. The first-order valence-corrected chi connectivity index (χ1v) is 5.41. The summed E-state index contributed by atoms with van der Waals surface area (Å²) in [6.45, 7) is 4.19.